The van der Waals surface area contributed by atoms with Crippen LogP contribution >= 0.6 is 0 Å². The molecular formula is C18H21N5O2. The van der Waals surface area contributed by atoms with E-state index in [-0.39, 0.29) is 6.03 Å². The number of hydrogen-bond donors (Lipinski definition) is 2. The molecule has 0 aliphatic carbocycles. The van der Waals surface area contributed by atoms with Gasteiger partial charge in [-0.15, -0.1) is 0 Å². The van der Waals surface area contributed by atoms with E-state index in [4.69, 9.17) is 4.74 Å². The summed E-state index contributed by atoms with van der Waals surface area (Å²) in [5.41, 5.74) is 1.79. The monoisotopic (exact) mass is 339 g/mol. The van der Waals surface area contributed by atoms with Gasteiger partial charge in [0.05, 0.1) is 18.4 Å². The van der Waals surface area contributed by atoms with Crippen molar-refractivity contribution in [3.8, 4) is 5.75 Å². The van der Waals surface area contributed by atoms with Gasteiger partial charge in [0, 0.05) is 37.9 Å². The minimum Gasteiger partial charge on any atom is -0.488 e. The number of rotatable bonds is 2. The molecule has 1 aromatic carbocycles. The highest BCUT2D eigenvalue weighted by atomic mass is 16.5. The van der Waals surface area contributed by atoms with Gasteiger partial charge in [-0.25, -0.2) is 9.78 Å². The van der Waals surface area contributed by atoms with Crippen LogP contribution in [0.4, 0.5) is 22.0 Å². The molecule has 1 fully saturated rings. The highest BCUT2D eigenvalue weighted by molar-refractivity contribution is 6.02. The van der Waals surface area contributed by atoms with Gasteiger partial charge in [0.25, 0.3) is 0 Å². The zero-order valence-corrected chi connectivity index (χ0v) is 13.9. The summed E-state index contributed by atoms with van der Waals surface area (Å²) in [7, 11) is 0. The first kappa shape index (κ1) is 15.7. The molecule has 0 unspecified atom stereocenters. The Kier molecular flexibility index (Phi) is 4.39. The van der Waals surface area contributed by atoms with Gasteiger partial charge in [0.15, 0.2) is 11.6 Å². The molecule has 4 rings (SSSR count). The summed E-state index contributed by atoms with van der Waals surface area (Å²) >= 11 is 0. The molecule has 0 radical (unpaired) electrons. The summed E-state index contributed by atoms with van der Waals surface area (Å²) in [6.07, 6.45) is 1.82. The Morgan fingerprint density at radius 1 is 1.16 bits per heavy atom. The van der Waals surface area contributed by atoms with E-state index < -0.39 is 0 Å². The molecule has 2 N–H and O–H groups in total. The molecule has 0 spiro atoms. The third-order valence-corrected chi connectivity index (χ3v) is 4.40. The van der Waals surface area contributed by atoms with E-state index >= 15 is 0 Å². The van der Waals surface area contributed by atoms with E-state index in [2.05, 4.69) is 20.5 Å². The number of nitrogens with one attached hydrogen (secondary N) is 2. The van der Waals surface area contributed by atoms with Gasteiger partial charge in [-0.2, -0.15) is 0 Å². The van der Waals surface area contributed by atoms with Crippen molar-refractivity contribution in [3.05, 3.63) is 42.6 Å². The van der Waals surface area contributed by atoms with Gasteiger partial charge < -0.3 is 20.3 Å². The number of nitrogens with zero attached hydrogens (tertiary/aromatic N) is 3. The summed E-state index contributed by atoms with van der Waals surface area (Å²) in [6.45, 7) is 4.75. The summed E-state index contributed by atoms with van der Waals surface area (Å²) in [4.78, 5) is 21.0. The number of aromatic nitrogens is 1. The van der Waals surface area contributed by atoms with E-state index in [0.717, 1.165) is 37.6 Å². The first-order chi connectivity index (χ1) is 12.3. The number of benzene rings is 1. The maximum absolute atomic E-state index is 12.6. The molecule has 0 saturated carbocycles. The van der Waals surface area contributed by atoms with Crippen LogP contribution in [-0.4, -0.2) is 50.3 Å². The van der Waals surface area contributed by atoms with Gasteiger partial charge in [0.2, 0.25) is 0 Å². The maximum atomic E-state index is 12.6. The van der Waals surface area contributed by atoms with Gasteiger partial charge in [-0.3, -0.25) is 4.90 Å². The van der Waals surface area contributed by atoms with Crippen LogP contribution in [-0.2, 0) is 0 Å². The largest absolute Gasteiger partial charge is 0.488 e. The van der Waals surface area contributed by atoms with E-state index in [1.165, 1.54) is 0 Å². The standard InChI is InChI=1S/C18H21N5O2/c24-18(21-14-4-2-1-3-5-14)23-10-11-25-16-12-15(13-20-17(16)23)22-8-6-19-7-9-22/h1-5,12-13,19H,6-11H2,(H,21,24). The van der Waals surface area contributed by atoms with Crippen LogP contribution < -0.4 is 25.2 Å². The number of carbonyl (C=O) groups excluding carboxylic acids is 1. The number of amides is 2. The van der Waals surface area contributed by atoms with Crippen LogP contribution in [0.25, 0.3) is 0 Å². The molecule has 2 aliphatic rings. The normalized spacial score (nSPS) is 16.8. The molecule has 2 aromatic rings. The number of fused-ring (bicyclic) bond motifs is 1. The van der Waals surface area contributed by atoms with Crippen LogP contribution in [0.2, 0.25) is 0 Å². The Morgan fingerprint density at radius 2 is 1.96 bits per heavy atom. The smallest absolute Gasteiger partial charge is 0.327 e. The Morgan fingerprint density at radius 3 is 2.76 bits per heavy atom. The second kappa shape index (κ2) is 6.98. The number of hydrogen-bond acceptors (Lipinski definition) is 5. The van der Waals surface area contributed by atoms with Crippen LogP contribution in [0, 0.1) is 0 Å². The van der Waals surface area contributed by atoms with Crippen LogP contribution in [0.3, 0.4) is 0 Å². The fourth-order valence-electron chi connectivity index (χ4n) is 3.09. The zero-order valence-electron chi connectivity index (χ0n) is 13.9. The Labute approximate surface area is 146 Å². The van der Waals surface area contributed by atoms with Crippen molar-refractivity contribution in [3.63, 3.8) is 0 Å². The van der Waals surface area contributed by atoms with Crippen LogP contribution in [0.15, 0.2) is 42.6 Å². The van der Waals surface area contributed by atoms with E-state index in [9.17, 15) is 4.79 Å². The molecule has 2 amide bonds. The molecule has 25 heavy (non-hydrogen) atoms. The number of carbonyl (C=O) groups is 1. The molecular weight excluding hydrogens is 318 g/mol. The average Bonchev–Trinajstić information content (AvgIpc) is 2.68. The fourth-order valence-corrected chi connectivity index (χ4v) is 3.09. The highest BCUT2D eigenvalue weighted by Gasteiger charge is 2.26. The predicted octanol–water partition coefficient (Wildman–Crippen LogP) is 1.92. The Balaban J connectivity index is 1.54. The first-order valence-electron chi connectivity index (χ1n) is 8.53. The second-order valence-corrected chi connectivity index (χ2v) is 6.05. The zero-order chi connectivity index (χ0) is 17.1. The minimum absolute atomic E-state index is 0.196. The lowest BCUT2D eigenvalue weighted by molar-refractivity contribution is 0.249. The van der Waals surface area contributed by atoms with Crippen molar-refractivity contribution in [2.45, 2.75) is 0 Å². The molecule has 7 nitrogen and oxygen atoms in total. The summed E-state index contributed by atoms with van der Waals surface area (Å²) < 4.78 is 5.76. The molecule has 1 saturated heterocycles. The van der Waals surface area contributed by atoms with E-state index in [1.54, 1.807) is 4.90 Å². The van der Waals surface area contributed by atoms with Gasteiger partial charge in [-0.1, -0.05) is 18.2 Å². The van der Waals surface area contributed by atoms with Crippen molar-refractivity contribution in [2.75, 3.05) is 54.4 Å². The SMILES string of the molecule is O=C(Nc1ccccc1)N1CCOc2cc(N3CCNCC3)cnc21. The van der Waals surface area contributed by atoms with Crippen molar-refractivity contribution < 1.29 is 9.53 Å². The molecule has 0 atom stereocenters. The van der Waals surface area contributed by atoms with Crippen LogP contribution in [0.1, 0.15) is 0 Å². The average molecular weight is 339 g/mol. The van der Waals surface area contributed by atoms with Gasteiger partial charge in [0.1, 0.15) is 6.61 Å². The molecule has 1 aromatic heterocycles. The summed E-state index contributed by atoms with van der Waals surface area (Å²) in [6, 6.07) is 11.2. The molecule has 3 heterocycles. The fraction of sp³-hybridized carbons (Fsp3) is 0.333. The maximum Gasteiger partial charge on any atom is 0.327 e. The number of anilines is 3. The Hall–Kier alpha value is -2.80. The third kappa shape index (κ3) is 3.36. The lowest BCUT2D eigenvalue weighted by Gasteiger charge is -2.32. The van der Waals surface area contributed by atoms with E-state index in [0.29, 0.717) is 24.7 Å². The lowest BCUT2D eigenvalue weighted by Crippen LogP contribution is -2.44. The molecule has 2 aliphatic heterocycles. The number of urea groups is 1. The van der Waals surface area contributed by atoms with Gasteiger partial charge >= 0.3 is 6.03 Å². The lowest BCUT2D eigenvalue weighted by atomic mass is 10.2. The highest BCUT2D eigenvalue weighted by Crippen LogP contribution is 2.33. The summed E-state index contributed by atoms with van der Waals surface area (Å²) in [5.74, 6) is 1.23. The molecule has 0 bridgehead atoms. The predicted molar refractivity (Wildman–Crippen MR) is 97.6 cm³/mol. The first-order valence-corrected chi connectivity index (χ1v) is 8.53. The molecule has 130 valence electrons. The topological polar surface area (TPSA) is 69.7 Å². The second-order valence-electron chi connectivity index (χ2n) is 6.05. The third-order valence-electron chi connectivity index (χ3n) is 4.40. The quantitative estimate of drug-likeness (QED) is 0.875. The summed E-state index contributed by atoms with van der Waals surface area (Å²) in [5, 5.41) is 6.24. The van der Waals surface area contributed by atoms with Gasteiger partial charge in [-0.05, 0) is 12.1 Å². The Bertz CT molecular complexity index is 746. The van der Waals surface area contributed by atoms with Crippen molar-refractivity contribution in [2.24, 2.45) is 0 Å². The van der Waals surface area contributed by atoms with E-state index in [1.807, 2.05) is 42.6 Å². The van der Waals surface area contributed by atoms with Crippen LogP contribution in [0.5, 0.6) is 5.75 Å². The molecule has 7 heteroatoms. The van der Waals surface area contributed by atoms with Crippen molar-refractivity contribution in [1.82, 2.24) is 10.3 Å². The van der Waals surface area contributed by atoms with Crippen molar-refractivity contribution >= 4 is 23.2 Å². The number of ether oxygens (including phenoxy) is 1. The minimum atomic E-state index is -0.196. The number of pyridine rings is 1. The number of piperazine rings is 1. The number of para-hydroxylation sites is 1. The van der Waals surface area contributed by atoms with Crippen molar-refractivity contribution in [1.29, 1.82) is 0 Å².